The lowest BCUT2D eigenvalue weighted by Gasteiger charge is -2.27. The Hall–Kier alpha value is -3.47. The van der Waals surface area contributed by atoms with Gasteiger partial charge in [0.1, 0.15) is 5.92 Å². The summed E-state index contributed by atoms with van der Waals surface area (Å²) in [6, 6.07) is 17.4. The first-order valence-corrected chi connectivity index (χ1v) is 10.1. The Labute approximate surface area is 174 Å². The molecule has 2 aliphatic carbocycles. The summed E-state index contributed by atoms with van der Waals surface area (Å²) in [5.41, 5.74) is 5.00. The van der Waals surface area contributed by atoms with Gasteiger partial charge in [-0.05, 0) is 17.9 Å². The molecule has 2 atom stereocenters. The van der Waals surface area contributed by atoms with Crippen LogP contribution < -0.4 is 0 Å². The second-order valence-electron chi connectivity index (χ2n) is 8.04. The van der Waals surface area contributed by atoms with Crippen LogP contribution in [0.2, 0.25) is 0 Å². The minimum atomic E-state index is -0.879. The Morgan fingerprint density at radius 1 is 1.00 bits per heavy atom. The number of benzene rings is 2. The second kappa shape index (κ2) is 6.80. The summed E-state index contributed by atoms with van der Waals surface area (Å²) >= 11 is 0. The number of fused-ring (bicyclic) bond motifs is 5. The number of ketones is 2. The van der Waals surface area contributed by atoms with Crippen LogP contribution in [0.5, 0.6) is 0 Å². The molecular formula is C25H21NO4. The number of esters is 1. The number of nitrogens with zero attached hydrogens (tertiary/aromatic N) is 1. The first-order valence-electron chi connectivity index (χ1n) is 10.1. The topological polar surface area (TPSA) is 65.4 Å². The highest BCUT2D eigenvalue weighted by molar-refractivity contribution is 6.27. The Kier molecular flexibility index (Phi) is 4.21. The van der Waals surface area contributed by atoms with E-state index in [1.807, 2.05) is 55.5 Å². The van der Waals surface area contributed by atoms with Crippen molar-refractivity contribution in [2.45, 2.75) is 19.9 Å². The van der Waals surface area contributed by atoms with Crippen molar-refractivity contribution >= 4 is 17.5 Å². The standard InChI is InChI=1S/C25H21NO4/c1-14-12-18-20(24(28)19(14)25(29)30-2)21-22(16-10-6-7-11-17(16)23(21)27)26(18)13-15-8-4-3-5-9-15/h3-11,14,19H,12-13H2,1-2H3. The normalized spacial score (nSPS) is 19.3. The van der Waals surface area contributed by atoms with E-state index in [1.165, 1.54) is 7.11 Å². The molecule has 0 saturated carbocycles. The summed E-state index contributed by atoms with van der Waals surface area (Å²) in [5, 5.41) is 0. The average Bonchev–Trinajstić information content (AvgIpc) is 3.22. The molecular weight excluding hydrogens is 378 g/mol. The van der Waals surface area contributed by atoms with Gasteiger partial charge in [0.25, 0.3) is 0 Å². The zero-order chi connectivity index (χ0) is 21.0. The number of hydrogen-bond donors (Lipinski definition) is 0. The molecule has 0 fully saturated rings. The Balaban J connectivity index is 1.77. The van der Waals surface area contributed by atoms with Gasteiger partial charge >= 0.3 is 5.97 Å². The van der Waals surface area contributed by atoms with Gasteiger partial charge in [0.15, 0.2) is 11.6 Å². The molecule has 5 nitrogen and oxygen atoms in total. The van der Waals surface area contributed by atoms with E-state index < -0.39 is 11.9 Å². The average molecular weight is 399 g/mol. The van der Waals surface area contributed by atoms with Gasteiger partial charge in [-0.15, -0.1) is 0 Å². The lowest BCUT2D eigenvalue weighted by atomic mass is 9.77. The van der Waals surface area contributed by atoms with Gasteiger partial charge in [0.2, 0.25) is 0 Å². The van der Waals surface area contributed by atoms with E-state index in [0.717, 1.165) is 22.5 Å². The van der Waals surface area contributed by atoms with Crippen LogP contribution in [0.3, 0.4) is 0 Å². The van der Waals surface area contributed by atoms with E-state index in [2.05, 4.69) is 4.57 Å². The van der Waals surface area contributed by atoms with Crippen molar-refractivity contribution in [3.63, 3.8) is 0 Å². The number of rotatable bonds is 3. The van der Waals surface area contributed by atoms with Crippen molar-refractivity contribution in [1.82, 2.24) is 4.57 Å². The summed E-state index contributed by atoms with van der Waals surface area (Å²) < 4.78 is 7.01. The highest BCUT2D eigenvalue weighted by Crippen LogP contribution is 2.45. The van der Waals surface area contributed by atoms with Gasteiger partial charge < -0.3 is 9.30 Å². The van der Waals surface area contributed by atoms with Crippen LogP contribution in [0.4, 0.5) is 0 Å². The van der Waals surface area contributed by atoms with Gasteiger partial charge in [-0.25, -0.2) is 0 Å². The largest absolute Gasteiger partial charge is 0.468 e. The molecule has 1 aromatic heterocycles. The smallest absolute Gasteiger partial charge is 0.316 e. The minimum absolute atomic E-state index is 0.143. The predicted molar refractivity (Wildman–Crippen MR) is 112 cm³/mol. The number of Topliss-reactive ketones (excluding diaryl/α,β-unsaturated/α-hetero) is 1. The Morgan fingerprint density at radius 3 is 2.37 bits per heavy atom. The Bertz CT molecular complexity index is 1210. The van der Waals surface area contributed by atoms with Gasteiger partial charge in [-0.2, -0.15) is 0 Å². The molecule has 1 heterocycles. The van der Waals surface area contributed by atoms with Crippen LogP contribution in [-0.4, -0.2) is 29.2 Å². The zero-order valence-electron chi connectivity index (χ0n) is 16.8. The maximum Gasteiger partial charge on any atom is 0.316 e. The molecule has 0 spiro atoms. The second-order valence-corrected chi connectivity index (χ2v) is 8.04. The molecule has 5 rings (SSSR count). The lowest BCUT2D eigenvalue weighted by molar-refractivity contribution is -0.145. The molecule has 0 bridgehead atoms. The highest BCUT2D eigenvalue weighted by Gasteiger charge is 2.46. The summed E-state index contributed by atoms with van der Waals surface area (Å²) in [6.45, 7) is 2.45. The molecule has 0 radical (unpaired) electrons. The maximum absolute atomic E-state index is 13.5. The number of carbonyl (C=O) groups is 3. The third-order valence-electron chi connectivity index (χ3n) is 6.28. The molecule has 150 valence electrons. The highest BCUT2D eigenvalue weighted by atomic mass is 16.5. The van der Waals surface area contributed by atoms with Crippen LogP contribution in [0.15, 0.2) is 54.6 Å². The van der Waals surface area contributed by atoms with Crippen LogP contribution in [0.1, 0.15) is 44.5 Å². The van der Waals surface area contributed by atoms with Crippen LogP contribution >= 0.6 is 0 Å². The van der Waals surface area contributed by atoms with E-state index in [4.69, 9.17) is 4.74 Å². The minimum Gasteiger partial charge on any atom is -0.468 e. The van der Waals surface area contributed by atoms with E-state index in [1.54, 1.807) is 6.07 Å². The predicted octanol–water partition coefficient (Wildman–Crippen LogP) is 3.91. The lowest BCUT2D eigenvalue weighted by Crippen LogP contribution is -2.37. The SMILES string of the molecule is COC(=O)C1C(=O)c2c3c(n(Cc4ccccc4)c2CC1C)-c1ccccc1C3=O. The molecule has 3 aromatic rings. The zero-order valence-corrected chi connectivity index (χ0v) is 16.8. The summed E-state index contributed by atoms with van der Waals surface area (Å²) in [4.78, 5) is 39.2. The summed E-state index contributed by atoms with van der Waals surface area (Å²) in [7, 11) is 1.30. The van der Waals surface area contributed by atoms with E-state index in [0.29, 0.717) is 29.7 Å². The monoisotopic (exact) mass is 399 g/mol. The van der Waals surface area contributed by atoms with Crippen LogP contribution in [0, 0.1) is 11.8 Å². The fourth-order valence-electron chi connectivity index (χ4n) is 4.91. The van der Waals surface area contributed by atoms with Crippen molar-refractivity contribution in [2.24, 2.45) is 11.8 Å². The molecule has 30 heavy (non-hydrogen) atoms. The summed E-state index contributed by atoms with van der Waals surface area (Å²) in [6.07, 6.45) is 0.538. The number of aromatic nitrogens is 1. The molecule has 0 saturated heterocycles. The van der Waals surface area contributed by atoms with Crippen molar-refractivity contribution < 1.29 is 19.1 Å². The van der Waals surface area contributed by atoms with Gasteiger partial charge in [0.05, 0.1) is 23.9 Å². The molecule has 2 unspecified atom stereocenters. The molecule has 2 aromatic carbocycles. The number of carbonyl (C=O) groups excluding carboxylic acids is 3. The number of hydrogen-bond acceptors (Lipinski definition) is 4. The van der Waals surface area contributed by atoms with E-state index in [9.17, 15) is 14.4 Å². The fraction of sp³-hybridized carbons (Fsp3) is 0.240. The fourth-order valence-corrected chi connectivity index (χ4v) is 4.91. The maximum atomic E-state index is 13.5. The third-order valence-corrected chi connectivity index (χ3v) is 6.28. The molecule has 0 aliphatic heterocycles. The quantitative estimate of drug-likeness (QED) is 0.387. The van der Waals surface area contributed by atoms with Crippen molar-refractivity contribution in [1.29, 1.82) is 0 Å². The van der Waals surface area contributed by atoms with Gasteiger partial charge in [0, 0.05) is 23.4 Å². The molecule has 2 aliphatic rings. The first-order chi connectivity index (χ1) is 14.5. The molecule has 5 heteroatoms. The van der Waals surface area contributed by atoms with Crippen molar-refractivity contribution in [2.75, 3.05) is 7.11 Å². The van der Waals surface area contributed by atoms with Crippen molar-refractivity contribution in [3.8, 4) is 11.3 Å². The summed E-state index contributed by atoms with van der Waals surface area (Å²) in [5.74, 6) is -2.07. The Morgan fingerprint density at radius 2 is 1.67 bits per heavy atom. The first kappa shape index (κ1) is 18.6. The molecule has 0 amide bonds. The number of ether oxygens (including phenoxy) is 1. The number of methoxy groups -OCH3 is 1. The van der Waals surface area contributed by atoms with Gasteiger partial charge in [-0.3, -0.25) is 14.4 Å². The van der Waals surface area contributed by atoms with Crippen molar-refractivity contribution in [3.05, 3.63) is 82.5 Å². The van der Waals surface area contributed by atoms with Crippen LogP contribution in [-0.2, 0) is 22.5 Å². The van der Waals surface area contributed by atoms with E-state index in [-0.39, 0.29) is 17.5 Å². The molecule has 0 N–H and O–H groups in total. The van der Waals surface area contributed by atoms with Crippen LogP contribution in [0.25, 0.3) is 11.3 Å². The van der Waals surface area contributed by atoms with E-state index >= 15 is 0 Å². The van der Waals surface area contributed by atoms with Gasteiger partial charge in [-0.1, -0.05) is 61.5 Å². The third kappa shape index (κ3) is 2.51.